The van der Waals surface area contributed by atoms with Crippen molar-refractivity contribution >= 4 is 6.16 Å². The lowest BCUT2D eigenvalue weighted by Gasteiger charge is -2.11. The SMILES string of the molecule is CC(C)CCCC(C)CCOC(=O)O. The molecule has 3 nitrogen and oxygen atoms in total. The van der Waals surface area contributed by atoms with Gasteiger partial charge in [0.1, 0.15) is 0 Å². The Morgan fingerprint density at radius 2 is 1.86 bits per heavy atom. The van der Waals surface area contributed by atoms with Gasteiger partial charge < -0.3 is 9.84 Å². The fourth-order valence-electron chi connectivity index (χ4n) is 1.37. The van der Waals surface area contributed by atoms with E-state index < -0.39 is 6.16 Å². The van der Waals surface area contributed by atoms with Crippen LogP contribution in [0.3, 0.4) is 0 Å². The number of hydrogen-bond acceptors (Lipinski definition) is 2. The van der Waals surface area contributed by atoms with E-state index in [0.29, 0.717) is 12.5 Å². The summed E-state index contributed by atoms with van der Waals surface area (Å²) in [5.41, 5.74) is 0. The predicted octanol–water partition coefficient (Wildman–Crippen LogP) is 3.53. The maximum atomic E-state index is 10.1. The van der Waals surface area contributed by atoms with E-state index in [1.165, 1.54) is 19.3 Å². The summed E-state index contributed by atoms with van der Waals surface area (Å²) in [7, 11) is 0. The zero-order valence-corrected chi connectivity index (χ0v) is 9.45. The Morgan fingerprint density at radius 1 is 1.21 bits per heavy atom. The van der Waals surface area contributed by atoms with Gasteiger partial charge >= 0.3 is 6.16 Å². The lowest BCUT2D eigenvalue weighted by Crippen LogP contribution is -2.06. The van der Waals surface area contributed by atoms with Gasteiger partial charge in [-0.15, -0.1) is 0 Å². The van der Waals surface area contributed by atoms with Crippen LogP contribution in [-0.2, 0) is 4.74 Å². The Morgan fingerprint density at radius 3 is 2.36 bits per heavy atom. The van der Waals surface area contributed by atoms with E-state index in [1.54, 1.807) is 0 Å². The second-order valence-corrected chi connectivity index (χ2v) is 4.33. The molecule has 14 heavy (non-hydrogen) atoms. The number of carbonyl (C=O) groups is 1. The van der Waals surface area contributed by atoms with Gasteiger partial charge in [0.05, 0.1) is 6.61 Å². The predicted molar refractivity (Wildman–Crippen MR) is 56.4 cm³/mol. The second-order valence-electron chi connectivity index (χ2n) is 4.33. The van der Waals surface area contributed by atoms with Crippen molar-refractivity contribution in [2.45, 2.75) is 46.5 Å². The molecule has 0 bridgehead atoms. The van der Waals surface area contributed by atoms with Crippen molar-refractivity contribution in [1.29, 1.82) is 0 Å². The molecule has 0 aliphatic heterocycles. The van der Waals surface area contributed by atoms with E-state index in [0.717, 1.165) is 12.3 Å². The van der Waals surface area contributed by atoms with Crippen molar-refractivity contribution in [2.24, 2.45) is 11.8 Å². The lowest BCUT2D eigenvalue weighted by molar-refractivity contribution is 0.0864. The van der Waals surface area contributed by atoms with Crippen molar-refractivity contribution < 1.29 is 14.6 Å². The van der Waals surface area contributed by atoms with Crippen LogP contribution in [0.4, 0.5) is 4.79 Å². The molecule has 0 aromatic carbocycles. The largest absolute Gasteiger partial charge is 0.505 e. The number of carboxylic acid groups (broad SMARTS) is 1. The molecule has 0 heterocycles. The third-order valence-electron chi connectivity index (χ3n) is 2.31. The summed E-state index contributed by atoms with van der Waals surface area (Å²) in [5.74, 6) is 1.32. The Balaban J connectivity index is 3.27. The van der Waals surface area contributed by atoms with Crippen molar-refractivity contribution in [3.8, 4) is 0 Å². The van der Waals surface area contributed by atoms with Gasteiger partial charge in [0.2, 0.25) is 0 Å². The van der Waals surface area contributed by atoms with E-state index in [2.05, 4.69) is 25.5 Å². The third-order valence-corrected chi connectivity index (χ3v) is 2.31. The highest BCUT2D eigenvalue weighted by Crippen LogP contribution is 2.14. The average Bonchev–Trinajstić information content (AvgIpc) is 2.02. The highest BCUT2D eigenvalue weighted by atomic mass is 16.7. The third kappa shape index (κ3) is 9.36. The molecule has 0 aromatic heterocycles. The van der Waals surface area contributed by atoms with Gasteiger partial charge in [0.15, 0.2) is 0 Å². The molecule has 0 aromatic rings. The lowest BCUT2D eigenvalue weighted by atomic mass is 9.98. The Kier molecular flexibility index (Phi) is 7.25. The number of hydrogen-bond donors (Lipinski definition) is 1. The molecular formula is C11H22O3. The minimum absolute atomic E-state index is 0.332. The molecule has 1 atom stereocenters. The standard InChI is InChI=1S/C11H22O3/c1-9(2)5-4-6-10(3)7-8-14-11(12)13/h9-10H,4-8H2,1-3H3,(H,12,13). The molecule has 1 unspecified atom stereocenters. The first kappa shape index (κ1) is 13.3. The van der Waals surface area contributed by atoms with Gasteiger partial charge in [0, 0.05) is 0 Å². The topological polar surface area (TPSA) is 46.5 Å². The van der Waals surface area contributed by atoms with Crippen LogP contribution >= 0.6 is 0 Å². The molecule has 0 amide bonds. The maximum Gasteiger partial charge on any atom is 0.505 e. The van der Waals surface area contributed by atoms with Crippen molar-refractivity contribution in [3.63, 3.8) is 0 Å². The zero-order valence-electron chi connectivity index (χ0n) is 9.45. The molecule has 0 saturated heterocycles. The minimum atomic E-state index is -1.17. The van der Waals surface area contributed by atoms with E-state index in [9.17, 15) is 4.79 Å². The van der Waals surface area contributed by atoms with Crippen LogP contribution in [0.15, 0.2) is 0 Å². The normalized spacial score (nSPS) is 12.9. The number of ether oxygens (including phenoxy) is 1. The van der Waals surface area contributed by atoms with E-state index >= 15 is 0 Å². The molecular weight excluding hydrogens is 180 g/mol. The van der Waals surface area contributed by atoms with E-state index in [1.807, 2.05) is 0 Å². The molecule has 0 rings (SSSR count). The summed E-state index contributed by atoms with van der Waals surface area (Å²) < 4.78 is 4.46. The Labute approximate surface area is 86.5 Å². The molecule has 0 aliphatic rings. The summed E-state index contributed by atoms with van der Waals surface area (Å²) in [6, 6.07) is 0. The van der Waals surface area contributed by atoms with Crippen molar-refractivity contribution in [2.75, 3.05) is 6.61 Å². The highest BCUT2D eigenvalue weighted by molar-refractivity contribution is 5.56. The summed E-state index contributed by atoms with van der Waals surface area (Å²) in [6.45, 7) is 6.92. The summed E-state index contributed by atoms with van der Waals surface area (Å²) in [5, 5.41) is 8.25. The molecule has 0 fully saturated rings. The first-order valence-corrected chi connectivity index (χ1v) is 5.38. The summed E-state index contributed by atoms with van der Waals surface area (Å²) in [4.78, 5) is 10.1. The number of rotatable bonds is 7. The molecule has 0 saturated carbocycles. The first-order chi connectivity index (χ1) is 6.52. The highest BCUT2D eigenvalue weighted by Gasteiger charge is 2.04. The van der Waals surface area contributed by atoms with Crippen LogP contribution in [0.1, 0.15) is 46.5 Å². The fourth-order valence-corrected chi connectivity index (χ4v) is 1.37. The zero-order chi connectivity index (χ0) is 11.0. The van der Waals surface area contributed by atoms with Crippen LogP contribution in [0.5, 0.6) is 0 Å². The van der Waals surface area contributed by atoms with Crippen LogP contribution < -0.4 is 0 Å². The van der Waals surface area contributed by atoms with Crippen LogP contribution in [0, 0.1) is 11.8 Å². The van der Waals surface area contributed by atoms with E-state index in [-0.39, 0.29) is 0 Å². The quantitative estimate of drug-likeness (QED) is 0.642. The summed E-state index contributed by atoms with van der Waals surface area (Å²) >= 11 is 0. The molecule has 0 aliphatic carbocycles. The Hall–Kier alpha value is -0.730. The average molecular weight is 202 g/mol. The minimum Gasteiger partial charge on any atom is -0.450 e. The summed E-state index contributed by atoms with van der Waals surface area (Å²) in [6.07, 6.45) is 3.32. The van der Waals surface area contributed by atoms with Crippen molar-refractivity contribution in [3.05, 3.63) is 0 Å². The smallest absolute Gasteiger partial charge is 0.450 e. The van der Waals surface area contributed by atoms with Gasteiger partial charge in [-0.1, -0.05) is 40.0 Å². The maximum absolute atomic E-state index is 10.1. The molecule has 0 spiro atoms. The van der Waals surface area contributed by atoms with Gasteiger partial charge in [-0.05, 0) is 18.3 Å². The van der Waals surface area contributed by atoms with Crippen LogP contribution in [0.25, 0.3) is 0 Å². The van der Waals surface area contributed by atoms with Gasteiger partial charge in [-0.25, -0.2) is 4.79 Å². The fraction of sp³-hybridized carbons (Fsp3) is 0.909. The molecule has 0 radical (unpaired) electrons. The molecule has 3 heteroatoms. The van der Waals surface area contributed by atoms with Gasteiger partial charge in [-0.3, -0.25) is 0 Å². The molecule has 1 N–H and O–H groups in total. The van der Waals surface area contributed by atoms with Crippen molar-refractivity contribution in [1.82, 2.24) is 0 Å². The van der Waals surface area contributed by atoms with Gasteiger partial charge in [0.25, 0.3) is 0 Å². The molecule has 84 valence electrons. The second kappa shape index (κ2) is 7.65. The van der Waals surface area contributed by atoms with Crippen LogP contribution in [0.2, 0.25) is 0 Å². The van der Waals surface area contributed by atoms with E-state index in [4.69, 9.17) is 5.11 Å². The monoisotopic (exact) mass is 202 g/mol. The van der Waals surface area contributed by atoms with Gasteiger partial charge in [-0.2, -0.15) is 0 Å². The first-order valence-electron chi connectivity index (χ1n) is 5.38. The Bertz CT molecular complexity index is 155. The van der Waals surface area contributed by atoms with Crippen LogP contribution in [-0.4, -0.2) is 17.9 Å².